The molecule has 0 radical (unpaired) electrons. The van der Waals surface area contributed by atoms with Crippen molar-refractivity contribution in [2.45, 2.75) is 33.6 Å². The maximum absolute atomic E-state index is 12.2. The van der Waals surface area contributed by atoms with E-state index in [1.165, 1.54) is 6.92 Å². The van der Waals surface area contributed by atoms with Gasteiger partial charge in [-0.3, -0.25) is 9.59 Å². The van der Waals surface area contributed by atoms with Crippen LogP contribution in [0, 0.1) is 11.8 Å². The lowest BCUT2D eigenvalue weighted by Crippen LogP contribution is -2.28. The third-order valence-electron chi connectivity index (χ3n) is 3.60. The molecule has 0 spiro atoms. The fraction of sp³-hybridized carbons (Fsp3) is 0.368. The zero-order valence-corrected chi connectivity index (χ0v) is 14.0. The van der Waals surface area contributed by atoms with Gasteiger partial charge in [-0.1, -0.05) is 38.3 Å². The van der Waals surface area contributed by atoms with E-state index in [4.69, 9.17) is 9.47 Å². The highest BCUT2D eigenvalue weighted by Gasteiger charge is 2.32. The summed E-state index contributed by atoms with van der Waals surface area (Å²) in [4.78, 5) is 23.2. The summed E-state index contributed by atoms with van der Waals surface area (Å²) < 4.78 is 10.5. The van der Waals surface area contributed by atoms with E-state index >= 15 is 0 Å². The number of hydrogen-bond acceptors (Lipinski definition) is 4. The van der Waals surface area contributed by atoms with Crippen LogP contribution in [0.3, 0.4) is 0 Å². The van der Waals surface area contributed by atoms with Crippen LogP contribution in [0.2, 0.25) is 0 Å². The molecule has 1 saturated heterocycles. The molecular formula is C19H24O4. The number of esters is 2. The van der Waals surface area contributed by atoms with Crippen molar-refractivity contribution >= 4 is 11.9 Å². The molecule has 0 amide bonds. The Kier molecular flexibility index (Phi) is 7.26. The van der Waals surface area contributed by atoms with E-state index in [0.717, 1.165) is 5.57 Å². The van der Waals surface area contributed by atoms with E-state index in [2.05, 4.69) is 13.2 Å². The van der Waals surface area contributed by atoms with Crippen molar-refractivity contribution in [3.63, 3.8) is 0 Å². The second-order valence-corrected chi connectivity index (χ2v) is 5.44. The quantitative estimate of drug-likeness (QED) is 0.418. The van der Waals surface area contributed by atoms with Crippen molar-refractivity contribution in [1.82, 2.24) is 0 Å². The standard InChI is InChI=1S/C19H24O4/c1-6-8-9-13(3)17-12-14(4)18(23-19(17)21)11-10-16(7-2)22-15(5)20/h6-9,11,13,17H,1,4,10,12H2,2-3,5H3/b9-8-,16-7+,18-11+/t13-,17?/m0/s1. The molecule has 0 saturated carbocycles. The van der Waals surface area contributed by atoms with Crippen molar-refractivity contribution < 1.29 is 19.1 Å². The molecule has 124 valence electrons. The van der Waals surface area contributed by atoms with Crippen molar-refractivity contribution in [3.8, 4) is 0 Å². The van der Waals surface area contributed by atoms with Gasteiger partial charge >= 0.3 is 11.9 Å². The lowest BCUT2D eigenvalue weighted by Gasteiger charge is -2.27. The smallest absolute Gasteiger partial charge is 0.315 e. The molecule has 0 aliphatic carbocycles. The Morgan fingerprint density at radius 2 is 2.22 bits per heavy atom. The van der Waals surface area contributed by atoms with Gasteiger partial charge in [0.25, 0.3) is 0 Å². The molecule has 0 aromatic carbocycles. The predicted octanol–water partition coefficient (Wildman–Crippen LogP) is 4.22. The Balaban J connectivity index is 2.76. The van der Waals surface area contributed by atoms with Gasteiger partial charge in [0.15, 0.2) is 0 Å². The summed E-state index contributed by atoms with van der Waals surface area (Å²) in [6.07, 6.45) is 9.78. The van der Waals surface area contributed by atoms with Crippen LogP contribution in [0.1, 0.15) is 33.6 Å². The van der Waals surface area contributed by atoms with Gasteiger partial charge in [0.05, 0.1) is 5.92 Å². The molecule has 1 aliphatic heterocycles. The first-order valence-electron chi connectivity index (χ1n) is 7.61. The van der Waals surface area contributed by atoms with Crippen molar-refractivity contribution in [3.05, 3.63) is 60.6 Å². The average Bonchev–Trinajstić information content (AvgIpc) is 2.51. The topological polar surface area (TPSA) is 52.6 Å². The van der Waals surface area contributed by atoms with Gasteiger partial charge in [-0.05, 0) is 37.0 Å². The van der Waals surface area contributed by atoms with Gasteiger partial charge in [-0.15, -0.1) is 0 Å². The Morgan fingerprint density at radius 3 is 2.78 bits per heavy atom. The molecule has 2 atom stereocenters. The largest absolute Gasteiger partial charge is 0.431 e. The summed E-state index contributed by atoms with van der Waals surface area (Å²) in [7, 11) is 0. The molecule has 23 heavy (non-hydrogen) atoms. The van der Waals surface area contributed by atoms with Gasteiger partial charge in [-0.25, -0.2) is 0 Å². The minimum atomic E-state index is -0.376. The molecule has 1 aliphatic rings. The van der Waals surface area contributed by atoms with Gasteiger partial charge in [0.2, 0.25) is 0 Å². The van der Waals surface area contributed by atoms with Crippen LogP contribution in [0.5, 0.6) is 0 Å². The van der Waals surface area contributed by atoms with E-state index < -0.39 is 0 Å². The molecule has 4 nitrogen and oxygen atoms in total. The SMILES string of the molecule is C=C/C=C\[C@H](C)C1CC(=C)/C(=C\C/C(=C\C)OC(C)=O)OC1=O. The fourth-order valence-electron chi connectivity index (χ4n) is 2.28. The van der Waals surface area contributed by atoms with Crippen LogP contribution >= 0.6 is 0 Å². The van der Waals surface area contributed by atoms with E-state index in [1.807, 2.05) is 19.1 Å². The van der Waals surface area contributed by atoms with Gasteiger partial charge in [-0.2, -0.15) is 0 Å². The molecule has 1 fully saturated rings. The summed E-state index contributed by atoms with van der Waals surface area (Å²) in [6.45, 7) is 12.7. The Morgan fingerprint density at radius 1 is 1.52 bits per heavy atom. The summed E-state index contributed by atoms with van der Waals surface area (Å²) in [6, 6.07) is 0. The lowest BCUT2D eigenvalue weighted by atomic mass is 9.85. The lowest BCUT2D eigenvalue weighted by molar-refractivity contribution is -0.147. The maximum Gasteiger partial charge on any atom is 0.315 e. The highest BCUT2D eigenvalue weighted by Crippen LogP contribution is 2.33. The first-order valence-corrected chi connectivity index (χ1v) is 7.61. The minimum absolute atomic E-state index is 0.0472. The summed E-state index contributed by atoms with van der Waals surface area (Å²) in [5.41, 5.74) is 0.770. The van der Waals surface area contributed by atoms with E-state index in [0.29, 0.717) is 24.4 Å². The number of carbonyl (C=O) groups is 2. The molecule has 1 heterocycles. The number of rotatable bonds is 6. The van der Waals surface area contributed by atoms with Crippen LogP contribution in [0.15, 0.2) is 60.6 Å². The molecule has 0 aromatic heterocycles. The number of ether oxygens (including phenoxy) is 2. The Hall–Kier alpha value is -2.36. The fourth-order valence-corrected chi connectivity index (χ4v) is 2.28. The number of carbonyl (C=O) groups excluding carboxylic acids is 2. The van der Waals surface area contributed by atoms with Crippen LogP contribution in [-0.2, 0) is 19.1 Å². The zero-order chi connectivity index (χ0) is 17.4. The third-order valence-corrected chi connectivity index (χ3v) is 3.60. The minimum Gasteiger partial charge on any atom is -0.431 e. The van der Waals surface area contributed by atoms with Gasteiger partial charge in [0, 0.05) is 13.3 Å². The maximum atomic E-state index is 12.2. The second-order valence-electron chi connectivity index (χ2n) is 5.44. The average molecular weight is 316 g/mol. The molecule has 0 N–H and O–H groups in total. The van der Waals surface area contributed by atoms with Crippen molar-refractivity contribution in [2.24, 2.45) is 11.8 Å². The highest BCUT2D eigenvalue weighted by atomic mass is 16.5. The van der Waals surface area contributed by atoms with Crippen LogP contribution in [0.25, 0.3) is 0 Å². The van der Waals surface area contributed by atoms with Crippen LogP contribution in [-0.4, -0.2) is 11.9 Å². The Labute approximate surface area is 137 Å². The first-order chi connectivity index (χ1) is 10.9. The molecule has 0 bridgehead atoms. The summed E-state index contributed by atoms with van der Waals surface area (Å²) in [5.74, 6) is 0.130. The zero-order valence-electron chi connectivity index (χ0n) is 14.0. The highest BCUT2D eigenvalue weighted by molar-refractivity contribution is 5.77. The van der Waals surface area contributed by atoms with E-state index in [1.54, 1.807) is 25.2 Å². The number of allylic oxidation sites excluding steroid dienone is 6. The van der Waals surface area contributed by atoms with E-state index in [9.17, 15) is 9.59 Å². The van der Waals surface area contributed by atoms with Gasteiger partial charge < -0.3 is 9.47 Å². The first kappa shape index (κ1) is 18.7. The normalized spacial score (nSPS) is 22.1. The number of cyclic esters (lactones) is 1. The van der Waals surface area contributed by atoms with Gasteiger partial charge in [0.1, 0.15) is 11.5 Å². The molecule has 4 heteroatoms. The molecule has 1 unspecified atom stereocenters. The Bertz CT molecular complexity index is 578. The number of hydrogen-bond donors (Lipinski definition) is 0. The summed E-state index contributed by atoms with van der Waals surface area (Å²) >= 11 is 0. The van der Waals surface area contributed by atoms with E-state index in [-0.39, 0.29) is 23.8 Å². The molecule has 0 aromatic rings. The third kappa shape index (κ3) is 5.74. The molecular weight excluding hydrogens is 292 g/mol. The molecule has 1 rings (SSSR count). The predicted molar refractivity (Wildman–Crippen MR) is 90.1 cm³/mol. The summed E-state index contributed by atoms with van der Waals surface area (Å²) in [5, 5.41) is 0. The van der Waals surface area contributed by atoms with Crippen molar-refractivity contribution in [2.75, 3.05) is 0 Å². The second kappa shape index (κ2) is 8.93. The van der Waals surface area contributed by atoms with Crippen LogP contribution < -0.4 is 0 Å². The van der Waals surface area contributed by atoms with Crippen LogP contribution in [0.4, 0.5) is 0 Å². The van der Waals surface area contributed by atoms with Crippen molar-refractivity contribution in [1.29, 1.82) is 0 Å². The monoisotopic (exact) mass is 316 g/mol.